The van der Waals surface area contributed by atoms with Crippen molar-refractivity contribution < 1.29 is 5.11 Å². The predicted octanol–water partition coefficient (Wildman–Crippen LogP) is 2.44. The van der Waals surface area contributed by atoms with E-state index in [9.17, 15) is 0 Å². The van der Waals surface area contributed by atoms with Crippen LogP contribution in [0.3, 0.4) is 0 Å². The average Bonchev–Trinajstić information content (AvgIpc) is 2.43. The lowest BCUT2D eigenvalue weighted by molar-refractivity contribution is 0.194. The topological polar surface area (TPSA) is 20.2 Å². The van der Waals surface area contributed by atoms with Crippen LogP contribution in [0.2, 0.25) is 0 Å². The zero-order chi connectivity index (χ0) is 8.70. The lowest BCUT2D eigenvalue weighted by atomic mass is 9.77. The molecule has 1 nitrogen and oxygen atoms in total. The molecule has 1 rings (SSSR count). The van der Waals surface area contributed by atoms with E-state index in [0.717, 1.165) is 12.3 Å². The largest absolute Gasteiger partial charge is 0.396 e. The zero-order valence-corrected chi connectivity index (χ0v) is 8.15. The third-order valence-corrected chi connectivity index (χ3v) is 3.60. The summed E-state index contributed by atoms with van der Waals surface area (Å²) in [6, 6.07) is 0. The third kappa shape index (κ3) is 1.44. The molecule has 1 aliphatic carbocycles. The second-order valence-corrected chi connectivity index (χ2v) is 5.08. The average molecular weight is 156 g/mol. The zero-order valence-electron chi connectivity index (χ0n) is 8.15. The highest BCUT2D eigenvalue weighted by Crippen LogP contribution is 2.64. The van der Waals surface area contributed by atoms with Gasteiger partial charge in [-0.15, -0.1) is 0 Å². The Morgan fingerprint density at radius 3 is 2.27 bits per heavy atom. The van der Waals surface area contributed by atoms with Crippen molar-refractivity contribution in [3.05, 3.63) is 0 Å². The van der Waals surface area contributed by atoms with Gasteiger partial charge in [-0.1, -0.05) is 27.7 Å². The van der Waals surface area contributed by atoms with Crippen LogP contribution in [0.1, 0.15) is 40.5 Å². The number of aliphatic hydroxyl groups excluding tert-OH is 1. The third-order valence-electron chi connectivity index (χ3n) is 3.60. The van der Waals surface area contributed by atoms with E-state index in [2.05, 4.69) is 27.7 Å². The Bertz CT molecular complexity index is 145. The number of rotatable bonds is 2. The Morgan fingerprint density at radius 1 is 1.45 bits per heavy atom. The van der Waals surface area contributed by atoms with Crippen LogP contribution in [0.4, 0.5) is 0 Å². The SMILES string of the molecule is CC(C)(C)[C@]1(C)C[C@H]1CCO. The van der Waals surface area contributed by atoms with Gasteiger partial charge in [0.2, 0.25) is 0 Å². The molecule has 1 aliphatic rings. The molecule has 1 saturated carbocycles. The molecule has 0 heterocycles. The summed E-state index contributed by atoms with van der Waals surface area (Å²) >= 11 is 0. The fourth-order valence-electron chi connectivity index (χ4n) is 1.95. The van der Waals surface area contributed by atoms with Crippen molar-refractivity contribution in [3.8, 4) is 0 Å². The first-order valence-corrected chi connectivity index (χ1v) is 4.52. The second kappa shape index (κ2) is 2.48. The summed E-state index contributed by atoms with van der Waals surface area (Å²) in [7, 11) is 0. The lowest BCUT2D eigenvalue weighted by Gasteiger charge is -2.28. The predicted molar refractivity (Wildman–Crippen MR) is 47.4 cm³/mol. The Morgan fingerprint density at radius 2 is 2.00 bits per heavy atom. The fourth-order valence-corrected chi connectivity index (χ4v) is 1.95. The molecule has 0 bridgehead atoms. The van der Waals surface area contributed by atoms with E-state index < -0.39 is 0 Å². The molecule has 0 aromatic carbocycles. The molecule has 0 saturated heterocycles. The minimum absolute atomic E-state index is 0.357. The molecule has 0 aliphatic heterocycles. The molecule has 0 unspecified atom stereocenters. The molecule has 0 aromatic rings. The maximum Gasteiger partial charge on any atom is 0.0433 e. The minimum atomic E-state index is 0.357. The summed E-state index contributed by atoms with van der Waals surface area (Å²) in [5, 5.41) is 8.77. The van der Waals surface area contributed by atoms with Gasteiger partial charge < -0.3 is 5.11 Å². The molecule has 11 heavy (non-hydrogen) atoms. The molecule has 0 spiro atoms. The highest BCUT2D eigenvalue weighted by Gasteiger charge is 2.56. The molecular weight excluding hydrogens is 136 g/mol. The van der Waals surface area contributed by atoms with E-state index in [1.807, 2.05) is 0 Å². The van der Waals surface area contributed by atoms with E-state index >= 15 is 0 Å². The van der Waals surface area contributed by atoms with Gasteiger partial charge in [-0.3, -0.25) is 0 Å². The first kappa shape index (κ1) is 9.05. The van der Waals surface area contributed by atoms with Gasteiger partial charge >= 0.3 is 0 Å². The van der Waals surface area contributed by atoms with Gasteiger partial charge in [0.05, 0.1) is 0 Å². The first-order valence-electron chi connectivity index (χ1n) is 4.52. The van der Waals surface area contributed by atoms with E-state index in [0.29, 0.717) is 17.4 Å². The van der Waals surface area contributed by atoms with Crippen molar-refractivity contribution in [2.24, 2.45) is 16.7 Å². The summed E-state index contributed by atoms with van der Waals surface area (Å²) in [5.41, 5.74) is 0.905. The Labute approximate surface area is 69.8 Å². The minimum Gasteiger partial charge on any atom is -0.396 e. The van der Waals surface area contributed by atoms with Crippen molar-refractivity contribution in [3.63, 3.8) is 0 Å². The van der Waals surface area contributed by atoms with Crippen molar-refractivity contribution >= 4 is 0 Å². The number of hydrogen-bond donors (Lipinski definition) is 1. The smallest absolute Gasteiger partial charge is 0.0433 e. The molecule has 1 fully saturated rings. The highest BCUT2D eigenvalue weighted by molar-refractivity contribution is 5.05. The Hall–Kier alpha value is -0.0400. The Balaban J connectivity index is 2.49. The van der Waals surface area contributed by atoms with Gasteiger partial charge in [-0.25, -0.2) is 0 Å². The summed E-state index contributed by atoms with van der Waals surface area (Å²) in [5.74, 6) is 0.771. The molecule has 2 atom stereocenters. The fraction of sp³-hybridized carbons (Fsp3) is 1.00. The van der Waals surface area contributed by atoms with Gasteiger partial charge in [0.25, 0.3) is 0 Å². The summed E-state index contributed by atoms with van der Waals surface area (Å²) in [6.07, 6.45) is 2.30. The number of aliphatic hydroxyl groups is 1. The summed E-state index contributed by atoms with van der Waals surface area (Å²) in [6.45, 7) is 9.59. The number of hydrogen-bond acceptors (Lipinski definition) is 1. The van der Waals surface area contributed by atoms with E-state index in [1.165, 1.54) is 6.42 Å². The van der Waals surface area contributed by atoms with Gasteiger partial charge in [0.15, 0.2) is 0 Å². The van der Waals surface area contributed by atoms with Crippen molar-refractivity contribution in [1.82, 2.24) is 0 Å². The quantitative estimate of drug-likeness (QED) is 0.651. The maximum atomic E-state index is 8.77. The van der Waals surface area contributed by atoms with Crippen LogP contribution in [0.25, 0.3) is 0 Å². The summed E-state index contributed by atoms with van der Waals surface area (Å²) in [4.78, 5) is 0. The maximum absolute atomic E-state index is 8.77. The molecule has 0 radical (unpaired) electrons. The van der Waals surface area contributed by atoms with E-state index in [4.69, 9.17) is 5.11 Å². The van der Waals surface area contributed by atoms with Crippen LogP contribution < -0.4 is 0 Å². The normalized spacial score (nSPS) is 37.4. The van der Waals surface area contributed by atoms with E-state index in [-0.39, 0.29) is 0 Å². The standard InChI is InChI=1S/C10H20O/c1-9(2,3)10(4)7-8(10)5-6-11/h8,11H,5-7H2,1-4H3/t8-,10-/m1/s1. The van der Waals surface area contributed by atoms with Crippen molar-refractivity contribution in [2.75, 3.05) is 6.61 Å². The van der Waals surface area contributed by atoms with Gasteiger partial charge in [0.1, 0.15) is 0 Å². The monoisotopic (exact) mass is 156 g/mol. The molecule has 1 heteroatoms. The second-order valence-electron chi connectivity index (χ2n) is 5.08. The summed E-state index contributed by atoms with van der Waals surface area (Å²) < 4.78 is 0. The molecule has 66 valence electrons. The van der Waals surface area contributed by atoms with Crippen LogP contribution in [-0.2, 0) is 0 Å². The van der Waals surface area contributed by atoms with Gasteiger partial charge in [0, 0.05) is 6.61 Å². The van der Waals surface area contributed by atoms with E-state index in [1.54, 1.807) is 0 Å². The van der Waals surface area contributed by atoms with Crippen LogP contribution >= 0.6 is 0 Å². The van der Waals surface area contributed by atoms with Crippen LogP contribution in [0, 0.1) is 16.7 Å². The lowest BCUT2D eigenvalue weighted by Crippen LogP contribution is -2.20. The molecular formula is C10H20O. The Kier molecular flexibility index (Phi) is 2.04. The first-order chi connectivity index (χ1) is 4.92. The highest BCUT2D eigenvalue weighted by atomic mass is 16.3. The van der Waals surface area contributed by atoms with Crippen LogP contribution in [0.5, 0.6) is 0 Å². The van der Waals surface area contributed by atoms with Gasteiger partial charge in [-0.05, 0) is 29.6 Å². The van der Waals surface area contributed by atoms with Crippen molar-refractivity contribution in [1.29, 1.82) is 0 Å². The molecule has 0 aromatic heterocycles. The van der Waals surface area contributed by atoms with Crippen molar-refractivity contribution in [2.45, 2.75) is 40.5 Å². The van der Waals surface area contributed by atoms with Gasteiger partial charge in [-0.2, -0.15) is 0 Å². The van der Waals surface area contributed by atoms with Crippen LogP contribution in [-0.4, -0.2) is 11.7 Å². The van der Waals surface area contributed by atoms with Crippen LogP contribution in [0.15, 0.2) is 0 Å². The molecule has 1 N–H and O–H groups in total. The molecule has 0 amide bonds.